The molecule has 5 N–H and O–H groups in total. The number of phenolic OH excluding ortho intramolecular Hbond substituents is 2. The molecule has 0 aliphatic carbocycles. The number of nitrogens with zero attached hydrogens (tertiary/aromatic N) is 3. The summed E-state index contributed by atoms with van der Waals surface area (Å²) in [6.45, 7) is 19.5. The highest BCUT2D eigenvalue weighted by atomic mass is 16.7. The van der Waals surface area contributed by atoms with Crippen molar-refractivity contribution in [2.75, 3.05) is 32.1 Å². The number of nitrogens with one attached hydrogen (secondary N) is 1. The Morgan fingerprint density at radius 1 is 0.967 bits per heavy atom. The average Bonchev–Trinajstić information content (AvgIpc) is 3.71. The monoisotopic (exact) mass is 846 g/mol. The molecule has 61 heavy (non-hydrogen) atoms. The SMILES string of the molecule is CO[C@H]1/C=C/O[C@@]2(C)Oc3c(C)c(O)c4c(O)c(c5c(c4c3C2=O)=NC2(CCN(CC(C)C)CC2)N=5)NC(=O)/C(C)=C\C=C\[C@H](C)[C@H](O)[C@@H](C)[C@H](O)[C@H](C)[C@H](OC(C)=O)[C@@H]1C. The van der Waals surface area contributed by atoms with Crippen LogP contribution in [-0.2, 0) is 23.8 Å². The lowest BCUT2D eigenvalue weighted by Gasteiger charge is -2.38. The predicted molar refractivity (Wildman–Crippen MR) is 228 cm³/mol. The number of esters is 1. The van der Waals surface area contributed by atoms with Gasteiger partial charge in [-0.25, -0.2) is 0 Å². The van der Waals surface area contributed by atoms with Gasteiger partial charge in [0.1, 0.15) is 28.6 Å². The Bertz CT molecular complexity index is 2300. The van der Waals surface area contributed by atoms with E-state index in [1.807, 2.05) is 0 Å². The van der Waals surface area contributed by atoms with Crippen molar-refractivity contribution in [1.29, 1.82) is 0 Å². The Morgan fingerprint density at radius 3 is 2.25 bits per heavy atom. The minimum Gasteiger partial charge on any atom is -0.507 e. The lowest BCUT2D eigenvalue weighted by atomic mass is 9.78. The second-order valence-corrected chi connectivity index (χ2v) is 18.0. The number of aliphatic hydroxyl groups is 2. The minimum atomic E-state index is -1.96. The second-order valence-electron chi connectivity index (χ2n) is 18.0. The van der Waals surface area contributed by atoms with Gasteiger partial charge in [-0.2, -0.15) is 0 Å². The number of phenols is 2. The van der Waals surface area contributed by atoms with Crippen molar-refractivity contribution in [3.63, 3.8) is 0 Å². The Hall–Kier alpha value is -4.83. The topological polar surface area (TPSA) is 209 Å². The largest absolute Gasteiger partial charge is 0.507 e. The maximum absolute atomic E-state index is 14.7. The molecule has 1 spiro atoms. The van der Waals surface area contributed by atoms with Crippen LogP contribution in [0.15, 0.2) is 46.1 Å². The van der Waals surface area contributed by atoms with Crippen molar-refractivity contribution in [2.45, 2.75) is 118 Å². The number of carbonyl (C=O) groups is 3. The van der Waals surface area contributed by atoms with Gasteiger partial charge in [0.15, 0.2) is 11.4 Å². The Labute approximate surface area is 356 Å². The normalized spacial score (nSPS) is 32.7. The summed E-state index contributed by atoms with van der Waals surface area (Å²) in [7, 11) is 1.47. The van der Waals surface area contributed by atoms with Crippen LogP contribution in [0, 0.1) is 36.5 Å². The molecule has 4 aliphatic heterocycles. The Balaban J connectivity index is 1.54. The van der Waals surface area contributed by atoms with Crippen molar-refractivity contribution >= 4 is 34.1 Å². The smallest absolute Gasteiger partial charge is 0.312 e. The molecule has 0 aromatic heterocycles. The Morgan fingerprint density at radius 2 is 1.62 bits per heavy atom. The Kier molecular flexibility index (Phi) is 13.1. The number of ether oxygens (including phenoxy) is 4. The van der Waals surface area contributed by atoms with Gasteiger partial charge >= 0.3 is 11.8 Å². The van der Waals surface area contributed by atoms with Crippen LogP contribution in [0.25, 0.3) is 10.8 Å². The van der Waals surface area contributed by atoms with E-state index in [1.54, 1.807) is 65.8 Å². The molecular weight excluding hydrogens is 785 g/mol. The van der Waals surface area contributed by atoms with Crippen LogP contribution < -0.4 is 20.8 Å². The summed E-state index contributed by atoms with van der Waals surface area (Å²) >= 11 is 0. The number of anilines is 1. The van der Waals surface area contributed by atoms with Gasteiger partial charge in [-0.05, 0) is 25.8 Å². The summed E-state index contributed by atoms with van der Waals surface area (Å²) in [5.74, 6) is -6.44. The highest BCUT2D eigenvalue weighted by molar-refractivity contribution is 6.19. The van der Waals surface area contributed by atoms with Gasteiger partial charge in [0.05, 0.1) is 40.9 Å². The molecule has 9 atom stereocenters. The summed E-state index contributed by atoms with van der Waals surface area (Å²) in [5.41, 5.74) is -0.572. The maximum atomic E-state index is 14.7. The van der Waals surface area contributed by atoms with E-state index < -0.39 is 82.9 Å². The van der Waals surface area contributed by atoms with Crippen LogP contribution in [-0.4, -0.2) is 106 Å². The summed E-state index contributed by atoms with van der Waals surface area (Å²) in [5, 5.41) is 50.2. The third kappa shape index (κ3) is 8.54. The third-order valence-electron chi connectivity index (χ3n) is 12.9. The van der Waals surface area contributed by atoms with Crippen LogP contribution >= 0.6 is 0 Å². The number of ketones is 1. The molecule has 1 saturated heterocycles. The van der Waals surface area contributed by atoms with Gasteiger partial charge in [-0.3, -0.25) is 24.4 Å². The fourth-order valence-corrected chi connectivity index (χ4v) is 9.20. The molecule has 15 nitrogen and oxygen atoms in total. The van der Waals surface area contributed by atoms with Crippen molar-refractivity contribution < 1.29 is 53.8 Å². The fraction of sp³-hybridized carbons (Fsp3) is 0.587. The number of methoxy groups -OCH3 is 1. The molecule has 2 aromatic rings. The zero-order valence-electron chi connectivity index (χ0n) is 37.1. The molecule has 2 aromatic carbocycles. The number of hydrogen-bond acceptors (Lipinski definition) is 14. The van der Waals surface area contributed by atoms with Crippen molar-refractivity contribution in [2.24, 2.45) is 39.6 Å². The number of carbonyl (C=O) groups excluding carboxylic acids is 3. The molecule has 15 heteroatoms. The van der Waals surface area contributed by atoms with E-state index in [1.165, 1.54) is 27.2 Å². The number of likely N-dealkylation sites (tertiary alicyclic amines) is 1. The third-order valence-corrected chi connectivity index (χ3v) is 12.9. The molecule has 4 aliphatic rings. The molecule has 0 saturated carbocycles. The standard InChI is InChI=1S/C46H62N4O11/c1-22(2)21-50-18-16-46(17-19-50)48-34-31-32-39(54)28(8)42-33(31)43(56)45(10,61-42)59-20-15-30(58-11)25(5)41(60-29(9)51)27(7)38(53)26(6)37(52)23(3)13-12-14-24(4)44(57)47-36(40(32)55)35(34)49-46/h12-15,20,22-23,25-27,30,37-38,41,52-55H,16-19,21H2,1-11H3,(H,47,57)/b13-12+,20-15+,24-14-/t23-,25+,26+,27-,30-,37-,38-,41+,45-/m0/s1. The zero-order valence-corrected chi connectivity index (χ0v) is 37.1. The number of amides is 1. The molecular formula is C46H62N4O11. The van der Waals surface area contributed by atoms with Gasteiger partial charge in [0.2, 0.25) is 0 Å². The highest BCUT2D eigenvalue weighted by Gasteiger charge is 2.50. The number of benzene rings is 2. The number of Topliss-reactive ketones (excluding diaryl/α,β-unsaturated/α-hetero) is 1. The average molecular weight is 847 g/mol. The van der Waals surface area contributed by atoms with Crippen LogP contribution in [0.2, 0.25) is 0 Å². The molecule has 4 bridgehead atoms. The first kappa shape index (κ1) is 45.7. The molecule has 0 unspecified atom stereocenters. The van der Waals surface area contributed by atoms with Crippen molar-refractivity contribution in [1.82, 2.24) is 4.90 Å². The van der Waals surface area contributed by atoms with E-state index >= 15 is 0 Å². The van der Waals surface area contributed by atoms with Gasteiger partial charge < -0.3 is 49.6 Å². The van der Waals surface area contributed by atoms with Crippen LogP contribution in [0.4, 0.5) is 5.69 Å². The van der Waals surface area contributed by atoms with Crippen LogP contribution in [0.5, 0.6) is 17.2 Å². The molecule has 6 rings (SSSR count). The number of aliphatic hydroxyl groups excluding tert-OH is 2. The van der Waals surface area contributed by atoms with Crippen molar-refractivity contribution in [3.05, 3.63) is 58.0 Å². The van der Waals surface area contributed by atoms with E-state index in [-0.39, 0.29) is 55.4 Å². The highest BCUT2D eigenvalue weighted by Crippen LogP contribution is 2.50. The number of hydrogen-bond donors (Lipinski definition) is 5. The van der Waals surface area contributed by atoms with E-state index in [0.717, 1.165) is 6.54 Å². The lowest BCUT2D eigenvalue weighted by molar-refractivity contribution is -0.160. The minimum absolute atomic E-state index is 0.0364. The van der Waals surface area contributed by atoms with Gasteiger partial charge in [-0.15, -0.1) is 0 Å². The van der Waals surface area contributed by atoms with Gasteiger partial charge in [0, 0.05) is 93.6 Å². The number of piperidine rings is 1. The first-order chi connectivity index (χ1) is 28.6. The predicted octanol–water partition coefficient (Wildman–Crippen LogP) is 4.75. The number of aromatic hydroxyl groups is 2. The zero-order chi connectivity index (χ0) is 44.9. The first-order valence-corrected chi connectivity index (χ1v) is 21.2. The quantitative estimate of drug-likeness (QED) is 0.209. The molecule has 332 valence electrons. The summed E-state index contributed by atoms with van der Waals surface area (Å²) in [6.07, 6.45) is 5.04. The van der Waals surface area contributed by atoms with E-state index in [9.17, 15) is 34.8 Å². The number of fused-ring (bicyclic) bond motifs is 1. The maximum Gasteiger partial charge on any atom is 0.312 e. The lowest BCUT2D eigenvalue weighted by Crippen LogP contribution is -2.46. The number of rotatable bonds is 4. The molecule has 1 amide bonds. The summed E-state index contributed by atoms with van der Waals surface area (Å²) in [6, 6.07) is 0. The van der Waals surface area contributed by atoms with E-state index in [4.69, 9.17) is 28.9 Å². The van der Waals surface area contributed by atoms with Gasteiger partial charge in [0.25, 0.3) is 11.7 Å². The second kappa shape index (κ2) is 17.5. The summed E-state index contributed by atoms with van der Waals surface area (Å²) < 4.78 is 24.0. The van der Waals surface area contributed by atoms with Crippen molar-refractivity contribution in [3.8, 4) is 17.2 Å². The molecule has 1 fully saturated rings. The van der Waals surface area contributed by atoms with E-state index in [2.05, 4.69) is 24.1 Å². The van der Waals surface area contributed by atoms with E-state index in [0.29, 0.717) is 31.8 Å². The summed E-state index contributed by atoms with van der Waals surface area (Å²) in [4.78, 5) is 53.7. The first-order valence-electron chi connectivity index (χ1n) is 21.2. The molecule has 4 heterocycles. The number of allylic oxidation sites excluding steroid dienone is 2. The molecule has 0 radical (unpaired) electrons. The van der Waals surface area contributed by atoms with Gasteiger partial charge in [-0.1, -0.05) is 59.8 Å². The van der Waals surface area contributed by atoms with Crippen LogP contribution in [0.3, 0.4) is 0 Å². The van der Waals surface area contributed by atoms with Crippen LogP contribution in [0.1, 0.15) is 91.1 Å². The fourth-order valence-electron chi connectivity index (χ4n) is 9.20.